The molecule has 0 aliphatic carbocycles. The van der Waals surface area contributed by atoms with Gasteiger partial charge in [-0.1, -0.05) is 6.92 Å². The number of rotatable bonds is 4. The highest BCUT2D eigenvalue weighted by molar-refractivity contribution is 5.32. The van der Waals surface area contributed by atoms with Crippen LogP contribution in [0.2, 0.25) is 0 Å². The summed E-state index contributed by atoms with van der Waals surface area (Å²) in [5.41, 5.74) is 0. The second-order valence-corrected chi connectivity index (χ2v) is 4.33. The summed E-state index contributed by atoms with van der Waals surface area (Å²) >= 11 is 0. The first-order valence-corrected chi connectivity index (χ1v) is 6.19. The van der Waals surface area contributed by atoms with Crippen molar-refractivity contribution in [3.8, 4) is 5.88 Å². The van der Waals surface area contributed by atoms with Crippen molar-refractivity contribution < 1.29 is 4.74 Å². The van der Waals surface area contributed by atoms with Gasteiger partial charge in [0.15, 0.2) is 0 Å². The summed E-state index contributed by atoms with van der Waals surface area (Å²) in [4.78, 5) is 13.3. The summed E-state index contributed by atoms with van der Waals surface area (Å²) in [6.45, 7) is 6.87. The van der Waals surface area contributed by atoms with Gasteiger partial charge in [0, 0.05) is 38.4 Å². The zero-order valence-corrected chi connectivity index (χ0v) is 10.6. The Balaban J connectivity index is 2.00. The van der Waals surface area contributed by atoms with Gasteiger partial charge in [-0.3, -0.25) is 0 Å². The van der Waals surface area contributed by atoms with Crippen LogP contribution in [0, 0.1) is 0 Å². The summed E-state index contributed by atoms with van der Waals surface area (Å²) in [7, 11) is 2.14. The number of hydrogen-bond acceptors (Lipinski definition) is 5. The lowest BCUT2D eigenvalue weighted by atomic mass is 10.3. The second kappa shape index (κ2) is 5.82. The monoisotopic (exact) mass is 236 g/mol. The molecule has 2 rings (SSSR count). The standard InChI is InChI=1S/C12H20N4O/c1-3-10-17-11-4-5-13-12(14-11)16-8-6-15(2)7-9-16/h4-5H,3,6-10H2,1-2H3. The molecule has 17 heavy (non-hydrogen) atoms. The molecule has 0 radical (unpaired) electrons. The van der Waals surface area contributed by atoms with Gasteiger partial charge >= 0.3 is 0 Å². The van der Waals surface area contributed by atoms with E-state index in [1.54, 1.807) is 6.20 Å². The fourth-order valence-electron chi connectivity index (χ4n) is 1.78. The SMILES string of the molecule is CCCOc1ccnc(N2CCN(C)CC2)n1. The Hall–Kier alpha value is -1.36. The van der Waals surface area contributed by atoms with E-state index in [2.05, 4.69) is 33.7 Å². The maximum atomic E-state index is 5.52. The molecule has 1 aromatic rings. The predicted molar refractivity (Wildman–Crippen MR) is 67.5 cm³/mol. The normalized spacial score (nSPS) is 17.2. The molecule has 0 N–H and O–H groups in total. The van der Waals surface area contributed by atoms with Crippen molar-refractivity contribution >= 4 is 5.95 Å². The number of piperazine rings is 1. The van der Waals surface area contributed by atoms with Crippen LogP contribution in [0.25, 0.3) is 0 Å². The summed E-state index contributed by atoms with van der Waals surface area (Å²) in [6.07, 6.45) is 2.76. The minimum atomic E-state index is 0.677. The Labute approximate surface area is 102 Å². The van der Waals surface area contributed by atoms with E-state index in [0.29, 0.717) is 12.5 Å². The molecule has 1 aliphatic rings. The molecule has 5 nitrogen and oxygen atoms in total. The number of nitrogens with zero attached hydrogens (tertiary/aromatic N) is 4. The second-order valence-electron chi connectivity index (χ2n) is 4.33. The van der Waals surface area contributed by atoms with E-state index in [1.807, 2.05) is 6.07 Å². The quantitative estimate of drug-likeness (QED) is 0.780. The van der Waals surface area contributed by atoms with Crippen molar-refractivity contribution in [2.75, 3.05) is 44.7 Å². The molecule has 0 unspecified atom stereocenters. The van der Waals surface area contributed by atoms with Crippen molar-refractivity contribution in [1.29, 1.82) is 0 Å². The van der Waals surface area contributed by atoms with Crippen molar-refractivity contribution in [1.82, 2.24) is 14.9 Å². The van der Waals surface area contributed by atoms with E-state index in [4.69, 9.17) is 4.74 Å². The first kappa shape index (κ1) is 12.1. The maximum absolute atomic E-state index is 5.52. The van der Waals surface area contributed by atoms with Gasteiger partial charge in [0.1, 0.15) is 0 Å². The Bertz CT molecular complexity index is 350. The van der Waals surface area contributed by atoms with Crippen LogP contribution in [0.3, 0.4) is 0 Å². The Morgan fingerprint density at radius 2 is 2.06 bits per heavy atom. The van der Waals surface area contributed by atoms with Gasteiger partial charge in [0.2, 0.25) is 11.8 Å². The molecule has 0 atom stereocenters. The molecule has 0 amide bonds. The lowest BCUT2D eigenvalue weighted by molar-refractivity contribution is 0.299. The summed E-state index contributed by atoms with van der Waals surface area (Å²) in [6, 6.07) is 1.81. The van der Waals surface area contributed by atoms with E-state index >= 15 is 0 Å². The number of anilines is 1. The average Bonchev–Trinajstić information content (AvgIpc) is 2.37. The molecule has 0 spiro atoms. The van der Waals surface area contributed by atoms with Gasteiger partial charge in [0.25, 0.3) is 0 Å². The molecule has 0 saturated carbocycles. The minimum absolute atomic E-state index is 0.677. The smallest absolute Gasteiger partial charge is 0.228 e. The zero-order chi connectivity index (χ0) is 12.1. The largest absolute Gasteiger partial charge is 0.478 e. The predicted octanol–water partition coefficient (Wildman–Crippen LogP) is 1.02. The zero-order valence-electron chi connectivity index (χ0n) is 10.6. The summed E-state index contributed by atoms with van der Waals surface area (Å²) < 4.78 is 5.52. The fourth-order valence-corrected chi connectivity index (χ4v) is 1.78. The maximum Gasteiger partial charge on any atom is 0.228 e. The highest BCUT2D eigenvalue weighted by Gasteiger charge is 2.16. The molecular weight excluding hydrogens is 216 g/mol. The van der Waals surface area contributed by atoms with Crippen LogP contribution in [-0.2, 0) is 0 Å². The Morgan fingerprint density at radius 1 is 1.29 bits per heavy atom. The molecule has 5 heteroatoms. The molecule has 0 bridgehead atoms. The number of hydrogen-bond donors (Lipinski definition) is 0. The van der Waals surface area contributed by atoms with Crippen molar-refractivity contribution in [2.24, 2.45) is 0 Å². The van der Waals surface area contributed by atoms with Crippen LogP contribution in [0.15, 0.2) is 12.3 Å². The Kier molecular flexibility index (Phi) is 4.14. The molecule has 2 heterocycles. The van der Waals surface area contributed by atoms with Crippen LogP contribution in [0.5, 0.6) is 5.88 Å². The van der Waals surface area contributed by atoms with Gasteiger partial charge in [0.05, 0.1) is 6.61 Å². The van der Waals surface area contributed by atoms with Crippen LogP contribution < -0.4 is 9.64 Å². The van der Waals surface area contributed by atoms with E-state index in [9.17, 15) is 0 Å². The topological polar surface area (TPSA) is 41.5 Å². The highest BCUT2D eigenvalue weighted by Crippen LogP contribution is 2.14. The minimum Gasteiger partial charge on any atom is -0.478 e. The van der Waals surface area contributed by atoms with E-state index in [0.717, 1.165) is 38.5 Å². The van der Waals surface area contributed by atoms with Gasteiger partial charge in [-0.15, -0.1) is 0 Å². The molecule has 1 aromatic heterocycles. The number of aromatic nitrogens is 2. The first-order chi connectivity index (χ1) is 8.29. The van der Waals surface area contributed by atoms with Crippen molar-refractivity contribution in [3.63, 3.8) is 0 Å². The Morgan fingerprint density at radius 3 is 2.76 bits per heavy atom. The molecule has 1 fully saturated rings. The van der Waals surface area contributed by atoms with Crippen LogP contribution in [0.1, 0.15) is 13.3 Å². The third-order valence-electron chi connectivity index (χ3n) is 2.86. The van der Waals surface area contributed by atoms with E-state index in [1.165, 1.54) is 0 Å². The third-order valence-corrected chi connectivity index (χ3v) is 2.86. The van der Waals surface area contributed by atoms with Crippen molar-refractivity contribution in [3.05, 3.63) is 12.3 Å². The molecule has 1 saturated heterocycles. The lowest BCUT2D eigenvalue weighted by Crippen LogP contribution is -2.45. The van der Waals surface area contributed by atoms with Crippen LogP contribution >= 0.6 is 0 Å². The molecule has 0 aromatic carbocycles. The van der Waals surface area contributed by atoms with E-state index < -0.39 is 0 Å². The number of ether oxygens (including phenoxy) is 1. The van der Waals surface area contributed by atoms with Gasteiger partial charge in [-0.05, 0) is 13.5 Å². The summed E-state index contributed by atoms with van der Waals surface area (Å²) in [5, 5.41) is 0. The summed E-state index contributed by atoms with van der Waals surface area (Å²) in [5.74, 6) is 1.46. The number of likely N-dealkylation sites (N-methyl/N-ethyl adjacent to an activating group) is 1. The van der Waals surface area contributed by atoms with Crippen LogP contribution in [0.4, 0.5) is 5.95 Å². The van der Waals surface area contributed by atoms with Crippen molar-refractivity contribution in [2.45, 2.75) is 13.3 Å². The van der Waals surface area contributed by atoms with Gasteiger partial charge in [-0.2, -0.15) is 4.98 Å². The molecule has 1 aliphatic heterocycles. The average molecular weight is 236 g/mol. The lowest BCUT2D eigenvalue weighted by Gasteiger charge is -2.32. The molecule has 94 valence electrons. The first-order valence-electron chi connectivity index (χ1n) is 6.19. The van der Waals surface area contributed by atoms with Gasteiger partial charge < -0.3 is 14.5 Å². The van der Waals surface area contributed by atoms with Gasteiger partial charge in [-0.25, -0.2) is 4.98 Å². The highest BCUT2D eigenvalue weighted by atomic mass is 16.5. The fraction of sp³-hybridized carbons (Fsp3) is 0.667. The third kappa shape index (κ3) is 3.30. The van der Waals surface area contributed by atoms with Crippen LogP contribution in [-0.4, -0.2) is 54.7 Å². The van der Waals surface area contributed by atoms with E-state index in [-0.39, 0.29) is 0 Å². The molecular formula is C12H20N4O.